The van der Waals surface area contributed by atoms with E-state index in [1.54, 1.807) is 13.3 Å². The lowest BCUT2D eigenvalue weighted by Gasteiger charge is -2.00. The molecule has 1 aromatic carbocycles. The number of aromatic nitrogens is 2. The van der Waals surface area contributed by atoms with Gasteiger partial charge in [-0.15, -0.1) is 0 Å². The molecule has 0 atom stereocenters. The molecule has 0 bridgehead atoms. The van der Waals surface area contributed by atoms with E-state index in [9.17, 15) is 0 Å². The van der Waals surface area contributed by atoms with Crippen LogP contribution in [0.2, 0.25) is 0 Å². The standard InChI is InChI=1S/C11H7IN2O2/c1-15-7-3-2-6(12)9-10-8(16-11(7)9)4-13-5-14-10/h2-5H,1H3. The summed E-state index contributed by atoms with van der Waals surface area (Å²) in [6, 6.07) is 3.87. The number of nitrogens with zero attached hydrogens (tertiary/aromatic N) is 2. The molecule has 0 fully saturated rings. The van der Waals surface area contributed by atoms with Crippen molar-refractivity contribution in [2.24, 2.45) is 0 Å². The Kier molecular flexibility index (Phi) is 2.20. The summed E-state index contributed by atoms with van der Waals surface area (Å²) < 4.78 is 12.1. The van der Waals surface area contributed by atoms with Crippen molar-refractivity contribution >= 4 is 44.7 Å². The first-order valence-corrected chi connectivity index (χ1v) is 5.74. The lowest BCUT2D eigenvalue weighted by atomic mass is 10.2. The molecule has 4 nitrogen and oxygen atoms in total. The second-order valence-electron chi connectivity index (χ2n) is 3.29. The minimum absolute atomic E-state index is 0.680. The number of fused-ring (bicyclic) bond motifs is 3. The lowest BCUT2D eigenvalue weighted by molar-refractivity contribution is 0.412. The number of ether oxygens (including phenoxy) is 1. The molecule has 2 aromatic heterocycles. The number of hydrogen-bond donors (Lipinski definition) is 0. The molecular weight excluding hydrogens is 319 g/mol. The summed E-state index contributed by atoms with van der Waals surface area (Å²) in [4.78, 5) is 8.19. The van der Waals surface area contributed by atoms with Crippen molar-refractivity contribution in [3.05, 3.63) is 28.2 Å². The van der Waals surface area contributed by atoms with Gasteiger partial charge in [0.2, 0.25) is 0 Å². The van der Waals surface area contributed by atoms with Gasteiger partial charge in [0.1, 0.15) is 11.8 Å². The minimum Gasteiger partial charge on any atom is -0.493 e. The van der Waals surface area contributed by atoms with E-state index in [2.05, 4.69) is 32.6 Å². The molecule has 0 amide bonds. The first kappa shape index (κ1) is 9.83. The summed E-state index contributed by atoms with van der Waals surface area (Å²) in [5, 5.41) is 0.984. The Balaban J connectivity index is 2.58. The molecule has 16 heavy (non-hydrogen) atoms. The van der Waals surface area contributed by atoms with Crippen molar-refractivity contribution in [1.29, 1.82) is 0 Å². The number of halogens is 1. The summed E-state index contributed by atoms with van der Waals surface area (Å²) in [6.07, 6.45) is 3.19. The Bertz CT molecular complexity index is 678. The average Bonchev–Trinajstić information content (AvgIpc) is 2.69. The van der Waals surface area contributed by atoms with Crippen LogP contribution in [-0.4, -0.2) is 17.1 Å². The van der Waals surface area contributed by atoms with E-state index in [0.717, 1.165) is 20.1 Å². The summed E-state index contributed by atoms with van der Waals surface area (Å²) in [6.45, 7) is 0. The van der Waals surface area contributed by atoms with Crippen LogP contribution in [0.3, 0.4) is 0 Å². The maximum Gasteiger partial charge on any atom is 0.180 e. The predicted octanol–water partition coefficient (Wildman–Crippen LogP) is 2.99. The van der Waals surface area contributed by atoms with Gasteiger partial charge in [-0.05, 0) is 34.7 Å². The zero-order valence-corrected chi connectivity index (χ0v) is 10.6. The molecule has 0 unspecified atom stereocenters. The molecule has 0 radical (unpaired) electrons. The smallest absolute Gasteiger partial charge is 0.180 e. The van der Waals surface area contributed by atoms with Gasteiger partial charge >= 0.3 is 0 Å². The molecule has 0 aliphatic heterocycles. The largest absolute Gasteiger partial charge is 0.493 e. The van der Waals surface area contributed by atoms with Crippen LogP contribution in [0.1, 0.15) is 0 Å². The normalized spacial score (nSPS) is 11.1. The van der Waals surface area contributed by atoms with Crippen LogP contribution in [-0.2, 0) is 0 Å². The van der Waals surface area contributed by atoms with E-state index in [4.69, 9.17) is 9.15 Å². The fourth-order valence-corrected chi connectivity index (χ4v) is 2.39. The SMILES string of the molecule is COc1ccc(I)c2c1oc1cncnc12. The maximum absolute atomic E-state index is 5.70. The number of hydrogen-bond acceptors (Lipinski definition) is 4. The van der Waals surface area contributed by atoms with Gasteiger partial charge in [-0.3, -0.25) is 0 Å². The van der Waals surface area contributed by atoms with E-state index in [0.29, 0.717) is 11.3 Å². The fraction of sp³-hybridized carbons (Fsp3) is 0.0909. The molecule has 0 aliphatic rings. The Labute approximate surface area is 105 Å². The summed E-state index contributed by atoms with van der Waals surface area (Å²) in [5.74, 6) is 0.716. The van der Waals surface area contributed by atoms with Crippen LogP contribution in [0.4, 0.5) is 0 Å². The highest BCUT2D eigenvalue weighted by Gasteiger charge is 2.14. The van der Waals surface area contributed by atoms with Crippen molar-refractivity contribution < 1.29 is 9.15 Å². The monoisotopic (exact) mass is 326 g/mol. The van der Waals surface area contributed by atoms with E-state index >= 15 is 0 Å². The van der Waals surface area contributed by atoms with Crippen LogP contribution in [0.15, 0.2) is 29.1 Å². The second-order valence-corrected chi connectivity index (χ2v) is 4.45. The van der Waals surface area contributed by atoms with Crippen molar-refractivity contribution in [3.8, 4) is 5.75 Å². The first-order valence-electron chi connectivity index (χ1n) is 4.66. The van der Waals surface area contributed by atoms with Crippen LogP contribution in [0, 0.1) is 3.57 Å². The molecule has 3 rings (SSSR count). The van der Waals surface area contributed by atoms with E-state index in [-0.39, 0.29) is 0 Å². The average molecular weight is 326 g/mol. The Hall–Kier alpha value is -1.37. The number of benzene rings is 1. The fourth-order valence-electron chi connectivity index (χ4n) is 1.71. The van der Waals surface area contributed by atoms with Gasteiger partial charge in [-0.25, -0.2) is 9.97 Å². The van der Waals surface area contributed by atoms with Gasteiger partial charge in [0.15, 0.2) is 16.9 Å². The van der Waals surface area contributed by atoms with Crippen LogP contribution in [0.5, 0.6) is 5.75 Å². The van der Waals surface area contributed by atoms with Gasteiger partial charge in [0.05, 0.1) is 18.7 Å². The van der Waals surface area contributed by atoms with E-state index in [1.807, 2.05) is 12.1 Å². The van der Waals surface area contributed by atoms with Gasteiger partial charge in [0.25, 0.3) is 0 Å². The number of rotatable bonds is 1. The summed E-state index contributed by atoms with van der Waals surface area (Å²) >= 11 is 2.26. The molecule has 0 saturated carbocycles. The number of furan rings is 1. The van der Waals surface area contributed by atoms with Gasteiger partial charge < -0.3 is 9.15 Å². The molecule has 5 heteroatoms. The van der Waals surface area contributed by atoms with Crippen molar-refractivity contribution in [2.45, 2.75) is 0 Å². The van der Waals surface area contributed by atoms with Crippen LogP contribution in [0.25, 0.3) is 22.1 Å². The van der Waals surface area contributed by atoms with Crippen LogP contribution < -0.4 is 4.74 Å². The first-order chi connectivity index (χ1) is 7.81. The summed E-state index contributed by atoms with van der Waals surface area (Å²) in [7, 11) is 1.63. The Morgan fingerprint density at radius 3 is 3.06 bits per heavy atom. The highest BCUT2D eigenvalue weighted by atomic mass is 127. The van der Waals surface area contributed by atoms with Crippen molar-refractivity contribution in [1.82, 2.24) is 9.97 Å². The molecule has 0 aliphatic carbocycles. The maximum atomic E-state index is 5.70. The lowest BCUT2D eigenvalue weighted by Crippen LogP contribution is -1.84. The third-order valence-electron chi connectivity index (χ3n) is 2.42. The molecule has 2 heterocycles. The van der Waals surface area contributed by atoms with Gasteiger partial charge in [0, 0.05) is 3.57 Å². The third-order valence-corrected chi connectivity index (χ3v) is 3.32. The molecule has 3 aromatic rings. The Morgan fingerprint density at radius 1 is 1.38 bits per heavy atom. The zero-order chi connectivity index (χ0) is 11.1. The van der Waals surface area contributed by atoms with Gasteiger partial charge in [-0.2, -0.15) is 0 Å². The van der Waals surface area contributed by atoms with E-state index < -0.39 is 0 Å². The highest BCUT2D eigenvalue weighted by molar-refractivity contribution is 14.1. The molecule has 0 N–H and O–H groups in total. The molecule has 80 valence electrons. The molecule has 0 spiro atoms. The Morgan fingerprint density at radius 2 is 2.25 bits per heavy atom. The van der Waals surface area contributed by atoms with Crippen molar-refractivity contribution in [2.75, 3.05) is 7.11 Å². The van der Waals surface area contributed by atoms with Crippen LogP contribution >= 0.6 is 22.6 Å². The third kappa shape index (κ3) is 1.27. The summed E-state index contributed by atoms with van der Waals surface area (Å²) in [5.41, 5.74) is 2.23. The minimum atomic E-state index is 0.680. The highest BCUT2D eigenvalue weighted by Crippen LogP contribution is 2.35. The predicted molar refractivity (Wildman–Crippen MR) is 68.6 cm³/mol. The zero-order valence-electron chi connectivity index (χ0n) is 8.40. The van der Waals surface area contributed by atoms with E-state index in [1.165, 1.54) is 6.33 Å². The van der Waals surface area contributed by atoms with Gasteiger partial charge in [-0.1, -0.05) is 0 Å². The second kappa shape index (κ2) is 3.58. The molecular formula is C11H7IN2O2. The van der Waals surface area contributed by atoms with Crippen molar-refractivity contribution in [3.63, 3.8) is 0 Å². The topological polar surface area (TPSA) is 48.2 Å². The quantitative estimate of drug-likeness (QED) is 0.645. The number of methoxy groups -OCH3 is 1. The molecule has 0 saturated heterocycles.